The molecule has 0 saturated carbocycles. The maximum absolute atomic E-state index is 12.5. The number of ether oxygens (including phenoxy) is 1. The molecule has 1 aromatic carbocycles. The number of hydrogen-bond acceptors (Lipinski definition) is 8. The number of carbonyl (C=O) groups is 2. The van der Waals surface area contributed by atoms with Crippen LogP contribution in [0.1, 0.15) is 32.2 Å². The third-order valence-corrected chi connectivity index (χ3v) is 6.21. The molecule has 0 bridgehead atoms. The molecule has 0 aliphatic heterocycles. The summed E-state index contributed by atoms with van der Waals surface area (Å²) < 4.78 is 7.60. The Kier molecular flexibility index (Phi) is 8.63. The second kappa shape index (κ2) is 11.6. The van der Waals surface area contributed by atoms with E-state index in [4.69, 9.17) is 4.74 Å². The van der Waals surface area contributed by atoms with Crippen LogP contribution >= 0.6 is 23.1 Å². The van der Waals surface area contributed by atoms with Crippen molar-refractivity contribution in [3.63, 3.8) is 0 Å². The summed E-state index contributed by atoms with van der Waals surface area (Å²) in [6.07, 6.45) is 1.94. The number of nitrogens with zero attached hydrogens (tertiary/aromatic N) is 4. The zero-order valence-corrected chi connectivity index (χ0v) is 19.8. The first-order valence-corrected chi connectivity index (χ1v) is 12.1. The lowest BCUT2D eigenvalue weighted by atomic mass is 10.2. The number of carbonyl (C=O) groups excluding carboxylic acids is 2. The summed E-state index contributed by atoms with van der Waals surface area (Å²) in [5.74, 6) is 1.04. The van der Waals surface area contributed by atoms with Crippen LogP contribution in [0.4, 0.5) is 5.13 Å². The lowest BCUT2D eigenvalue weighted by Gasteiger charge is -2.15. The summed E-state index contributed by atoms with van der Waals surface area (Å²) in [5.41, 5.74) is 1.21. The van der Waals surface area contributed by atoms with Crippen molar-refractivity contribution in [2.45, 2.75) is 51.5 Å². The maximum Gasteiger partial charge on any atom is 0.261 e. The molecule has 3 rings (SSSR count). The summed E-state index contributed by atoms with van der Waals surface area (Å²) in [7, 11) is 0. The minimum absolute atomic E-state index is 0.164. The van der Waals surface area contributed by atoms with E-state index in [1.807, 2.05) is 35.8 Å². The Morgan fingerprint density at radius 3 is 2.66 bits per heavy atom. The van der Waals surface area contributed by atoms with E-state index in [-0.39, 0.29) is 24.1 Å². The van der Waals surface area contributed by atoms with Crippen LogP contribution in [0.3, 0.4) is 0 Å². The summed E-state index contributed by atoms with van der Waals surface area (Å²) in [4.78, 5) is 28.6. The molecule has 32 heavy (non-hydrogen) atoms. The van der Waals surface area contributed by atoms with Crippen LogP contribution in [0.25, 0.3) is 0 Å². The van der Waals surface area contributed by atoms with Crippen LogP contribution in [0, 0.1) is 0 Å². The fourth-order valence-corrected chi connectivity index (χ4v) is 4.18. The van der Waals surface area contributed by atoms with Crippen LogP contribution in [-0.4, -0.2) is 43.4 Å². The van der Waals surface area contributed by atoms with Crippen LogP contribution in [0.2, 0.25) is 0 Å². The highest BCUT2D eigenvalue weighted by Gasteiger charge is 2.18. The van der Waals surface area contributed by atoms with Gasteiger partial charge in [0.05, 0.1) is 12.3 Å². The summed E-state index contributed by atoms with van der Waals surface area (Å²) in [5, 5.41) is 16.9. The van der Waals surface area contributed by atoms with Gasteiger partial charge in [-0.15, -0.1) is 21.5 Å². The van der Waals surface area contributed by atoms with Crippen molar-refractivity contribution in [3.8, 4) is 5.75 Å². The van der Waals surface area contributed by atoms with Gasteiger partial charge < -0.3 is 19.9 Å². The molecule has 170 valence electrons. The molecule has 3 aromatic rings. The Balaban J connectivity index is 1.50. The van der Waals surface area contributed by atoms with Crippen LogP contribution < -0.4 is 15.4 Å². The van der Waals surface area contributed by atoms with Gasteiger partial charge in [-0.25, -0.2) is 4.98 Å². The van der Waals surface area contributed by atoms with Crippen molar-refractivity contribution < 1.29 is 14.3 Å². The number of hydrogen-bond donors (Lipinski definition) is 2. The predicted molar refractivity (Wildman–Crippen MR) is 125 cm³/mol. The smallest absolute Gasteiger partial charge is 0.261 e. The quantitative estimate of drug-likeness (QED) is 0.411. The monoisotopic (exact) mass is 474 g/mol. The number of anilines is 1. The van der Waals surface area contributed by atoms with Gasteiger partial charge in [-0.05, 0) is 38.0 Å². The number of rotatable bonds is 11. The zero-order chi connectivity index (χ0) is 22.9. The average Bonchev–Trinajstić information content (AvgIpc) is 3.45. The van der Waals surface area contributed by atoms with Gasteiger partial charge in [-0.2, -0.15) is 0 Å². The number of amides is 2. The highest BCUT2D eigenvalue weighted by atomic mass is 32.2. The van der Waals surface area contributed by atoms with E-state index in [0.717, 1.165) is 6.42 Å². The van der Waals surface area contributed by atoms with Crippen molar-refractivity contribution in [2.24, 2.45) is 0 Å². The molecule has 2 amide bonds. The minimum Gasteiger partial charge on any atom is -0.481 e. The molecule has 0 aliphatic carbocycles. The van der Waals surface area contributed by atoms with Gasteiger partial charge in [-0.1, -0.05) is 30.8 Å². The first kappa shape index (κ1) is 23.7. The van der Waals surface area contributed by atoms with Crippen molar-refractivity contribution in [1.82, 2.24) is 25.1 Å². The normalized spacial score (nSPS) is 11.7. The summed E-state index contributed by atoms with van der Waals surface area (Å²) >= 11 is 2.65. The SMILES string of the molecule is CCc1ccc(O[C@H](C)C(=O)NCc2nnc(SCC(=O)Nc3nccs3)n2CC)cc1. The lowest BCUT2D eigenvalue weighted by molar-refractivity contribution is -0.127. The van der Waals surface area contributed by atoms with E-state index in [1.54, 1.807) is 18.5 Å². The van der Waals surface area contributed by atoms with E-state index in [1.165, 1.54) is 28.7 Å². The Hall–Kier alpha value is -2.92. The standard InChI is InChI=1S/C21H26N6O3S2/c1-4-15-6-8-16(9-7-15)30-14(3)19(29)23-12-17-25-26-21(27(17)5-2)32-13-18(28)24-20-22-10-11-31-20/h6-11,14H,4-5,12-13H2,1-3H3,(H,23,29)(H,22,24,28)/t14-/m1/s1. The van der Waals surface area contributed by atoms with Gasteiger partial charge in [0.15, 0.2) is 22.2 Å². The van der Waals surface area contributed by atoms with Gasteiger partial charge >= 0.3 is 0 Å². The van der Waals surface area contributed by atoms with Crippen molar-refractivity contribution in [1.29, 1.82) is 0 Å². The fourth-order valence-electron chi connectivity index (χ4n) is 2.82. The Labute approximate surface area is 195 Å². The molecular weight excluding hydrogens is 448 g/mol. The van der Waals surface area contributed by atoms with E-state index < -0.39 is 6.10 Å². The number of nitrogens with one attached hydrogen (secondary N) is 2. The molecule has 0 spiro atoms. The largest absolute Gasteiger partial charge is 0.481 e. The predicted octanol–water partition coefficient (Wildman–Crippen LogP) is 3.13. The third-order valence-electron chi connectivity index (χ3n) is 4.56. The fraction of sp³-hybridized carbons (Fsp3) is 0.381. The number of thiazole rings is 1. The van der Waals surface area contributed by atoms with Gasteiger partial charge in [0.25, 0.3) is 5.91 Å². The molecule has 11 heteroatoms. The maximum atomic E-state index is 12.5. The van der Waals surface area contributed by atoms with Crippen LogP contribution in [0.15, 0.2) is 41.0 Å². The molecule has 2 N–H and O–H groups in total. The highest BCUT2D eigenvalue weighted by molar-refractivity contribution is 7.99. The van der Waals surface area contributed by atoms with Crippen molar-refractivity contribution in [2.75, 3.05) is 11.1 Å². The molecule has 9 nitrogen and oxygen atoms in total. The lowest BCUT2D eigenvalue weighted by Crippen LogP contribution is -2.36. The first-order valence-electron chi connectivity index (χ1n) is 10.3. The highest BCUT2D eigenvalue weighted by Crippen LogP contribution is 2.19. The Morgan fingerprint density at radius 1 is 1.22 bits per heavy atom. The van der Waals surface area contributed by atoms with Crippen LogP contribution in [0.5, 0.6) is 5.75 Å². The topological polar surface area (TPSA) is 111 Å². The second-order valence-electron chi connectivity index (χ2n) is 6.79. The molecule has 0 fully saturated rings. The molecule has 0 aliphatic rings. The van der Waals surface area contributed by atoms with Crippen LogP contribution in [-0.2, 0) is 29.1 Å². The average molecular weight is 475 g/mol. The van der Waals surface area contributed by atoms with Gasteiger partial charge in [0.1, 0.15) is 5.75 Å². The van der Waals surface area contributed by atoms with Gasteiger partial charge in [-0.3, -0.25) is 9.59 Å². The molecule has 1 atom stereocenters. The summed E-state index contributed by atoms with van der Waals surface area (Å²) in [6, 6.07) is 7.70. The molecule has 0 unspecified atom stereocenters. The van der Waals surface area contributed by atoms with Gasteiger partial charge in [0.2, 0.25) is 5.91 Å². The van der Waals surface area contributed by atoms with Gasteiger partial charge in [0, 0.05) is 18.1 Å². The molecular formula is C21H26N6O3S2. The summed E-state index contributed by atoms with van der Waals surface area (Å²) in [6.45, 7) is 6.58. The Morgan fingerprint density at radius 2 is 2.00 bits per heavy atom. The van der Waals surface area contributed by atoms with Crippen molar-refractivity contribution >= 4 is 40.0 Å². The van der Waals surface area contributed by atoms with E-state index in [0.29, 0.717) is 28.4 Å². The van der Waals surface area contributed by atoms with E-state index >= 15 is 0 Å². The van der Waals surface area contributed by atoms with Crippen molar-refractivity contribution in [3.05, 3.63) is 47.2 Å². The first-order chi connectivity index (χ1) is 15.5. The van der Waals surface area contributed by atoms with E-state index in [2.05, 4.69) is 32.7 Å². The number of thioether (sulfide) groups is 1. The number of aryl methyl sites for hydroxylation is 1. The second-order valence-corrected chi connectivity index (χ2v) is 8.63. The number of aromatic nitrogens is 4. The zero-order valence-electron chi connectivity index (χ0n) is 18.2. The minimum atomic E-state index is -0.649. The molecule has 0 saturated heterocycles. The molecule has 2 heterocycles. The Bertz CT molecular complexity index is 1020. The van der Waals surface area contributed by atoms with E-state index in [9.17, 15) is 9.59 Å². The molecule has 2 aromatic heterocycles. The third kappa shape index (κ3) is 6.54. The molecule has 0 radical (unpaired) electrons. The number of benzene rings is 1.